The van der Waals surface area contributed by atoms with E-state index in [9.17, 15) is 9.50 Å². The molecule has 0 atom stereocenters. The number of halogens is 1. The molecule has 0 aliphatic heterocycles. The molecule has 2 N–H and O–H groups in total. The van der Waals surface area contributed by atoms with Crippen LogP contribution in [0.2, 0.25) is 0 Å². The molecule has 4 rings (SSSR count). The summed E-state index contributed by atoms with van der Waals surface area (Å²) in [6.07, 6.45) is 1.70. The fraction of sp³-hybridized carbons (Fsp3) is 0.0556. The van der Waals surface area contributed by atoms with Crippen molar-refractivity contribution in [1.82, 2.24) is 4.98 Å². The quantitative estimate of drug-likeness (QED) is 0.489. The highest BCUT2D eigenvalue weighted by Gasteiger charge is 2.09. The number of nitrogens with one attached hydrogen (secondary N) is 1. The van der Waals surface area contributed by atoms with Gasteiger partial charge in [0, 0.05) is 28.0 Å². The van der Waals surface area contributed by atoms with Gasteiger partial charge in [-0.3, -0.25) is 4.98 Å². The van der Waals surface area contributed by atoms with Crippen LogP contribution >= 0.6 is 11.3 Å². The molecular weight excluding hydrogens is 311 g/mol. The van der Waals surface area contributed by atoms with Gasteiger partial charge in [0.25, 0.3) is 0 Å². The van der Waals surface area contributed by atoms with Gasteiger partial charge in [-0.2, -0.15) is 0 Å². The highest BCUT2D eigenvalue weighted by Crippen LogP contribution is 2.34. The summed E-state index contributed by atoms with van der Waals surface area (Å²) in [4.78, 5) is 4.42. The third-order valence-corrected chi connectivity index (χ3v) is 4.92. The molecule has 3 nitrogen and oxygen atoms in total. The molecule has 0 radical (unpaired) electrons. The first kappa shape index (κ1) is 14.0. The lowest BCUT2D eigenvalue weighted by molar-refractivity contribution is 0.469. The molecule has 2 heterocycles. The molecule has 2 aromatic carbocycles. The summed E-state index contributed by atoms with van der Waals surface area (Å²) in [5, 5.41) is 16.7. The van der Waals surface area contributed by atoms with Gasteiger partial charge >= 0.3 is 0 Å². The summed E-state index contributed by atoms with van der Waals surface area (Å²) in [7, 11) is 0. The number of anilines is 2. The minimum atomic E-state index is -0.497. The molecule has 5 heteroatoms. The van der Waals surface area contributed by atoms with Crippen molar-refractivity contribution >= 4 is 43.7 Å². The number of phenols is 1. The molecule has 2 aromatic heterocycles. The Bertz CT molecular complexity index is 1040. The molecule has 0 aliphatic carbocycles. The lowest BCUT2D eigenvalue weighted by Crippen LogP contribution is -1.95. The SMILES string of the molecule is Cc1csc2cc3c(Nc4ccc(O)cc4F)ccnc3cc12. The Balaban J connectivity index is 1.87. The second-order valence-electron chi connectivity index (χ2n) is 5.43. The number of thiophene rings is 1. The number of phenolic OH excluding ortho intramolecular Hbond substituents is 1. The monoisotopic (exact) mass is 324 g/mol. The van der Waals surface area contributed by atoms with E-state index in [1.165, 1.54) is 27.8 Å². The fourth-order valence-corrected chi connectivity index (χ4v) is 3.62. The molecule has 0 saturated heterocycles. The van der Waals surface area contributed by atoms with Crippen LogP contribution in [-0.4, -0.2) is 10.1 Å². The minimum Gasteiger partial charge on any atom is -0.508 e. The molecular formula is C18H13FN2OS. The number of aryl methyl sites for hydroxylation is 1. The van der Waals surface area contributed by atoms with Gasteiger partial charge < -0.3 is 10.4 Å². The van der Waals surface area contributed by atoms with Crippen molar-refractivity contribution < 1.29 is 9.50 Å². The van der Waals surface area contributed by atoms with E-state index < -0.39 is 5.82 Å². The number of rotatable bonds is 2. The zero-order valence-corrected chi connectivity index (χ0v) is 13.1. The maximum absolute atomic E-state index is 14.0. The Kier molecular flexibility index (Phi) is 3.16. The zero-order valence-electron chi connectivity index (χ0n) is 12.3. The van der Waals surface area contributed by atoms with E-state index in [4.69, 9.17) is 0 Å². The smallest absolute Gasteiger partial charge is 0.150 e. The van der Waals surface area contributed by atoms with Crippen molar-refractivity contribution in [2.75, 3.05) is 5.32 Å². The molecule has 0 fully saturated rings. The summed E-state index contributed by atoms with van der Waals surface area (Å²) >= 11 is 1.69. The molecule has 114 valence electrons. The largest absolute Gasteiger partial charge is 0.508 e. The van der Waals surface area contributed by atoms with Gasteiger partial charge in [-0.1, -0.05) is 0 Å². The number of aromatic nitrogens is 1. The third-order valence-electron chi connectivity index (χ3n) is 3.85. The van der Waals surface area contributed by atoms with E-state index in [1.807, 2.05) is 6.07 Å². The van der Waals surface area contributed by atoms with Crippen LogP contribution in [0.5, 0.6) is 5.75 Å². The van der Waals surface area contributed by atoms with E-state index >= 15 is 0 Å². The normalized spacial score (nSPS) is 11.2. The van der Waals surface area contributed by atoms with Crippen molar-refractivity contribution in [3.8, 4) is 5.75 Å². The van der Waals surface area contributed by atoms with Crippen LogP contribution in [0.3, 0.4) is 0 Å². The van der Waals surface area contributed by atoms with Gasteiger partial charge in [-0.15, -0.1) is 11.3 Å². The number of nitrogens with zero attached hydrogens (tertiary/aromatic N) is 1. The average Bonchev–Trinajstić information content (AvgIpc) is 2.89. The molecule has 23 heavy (non-hydrogen) atoms. The van der Waals surface area contributed by atoms with E-state index in [0.717, 1.165) is 22.7 Å². The number of aromatic hydroxyl groups is 1. The molecule has 0 bridgehead atoms. The predicted octanol–water partition coefficient (Wildman–Crippen LogP) is 5.35. The maximum Gasteiger partial charge on any atom is 0.150 e. The topological polar surface area (TPSA) is 45.1 Å². The standard InChI is InChI=1S/C18H13FN2OS/c1-10-9-23-18-8-13-15(4-5-20-17(13)7-12(10)18)21-16-3-2-11(22)6-14(16)19/h2-9,22H,1H3,(H,20,21). The fourth-order valence-electron chi connectivity index (χ4n) is 2.65. The van der Waals surface area contributed by atoms with Gasteiger partial charge in [0.05, 0.1) is 11.2 Å². The number of hydrogen-bond acceptors (Lipinski definition) is 4. The molecule has 0 aliphatic rings. The highest BCUT2D eigenvalue weighted by molar-refractivity contribution is 7.17. The van der Waals surface area contributed by atoms with E-state index in [-0.39, 0.29) is 5.75 Å². The highest BCUT2D eigenvalue weighted by atomic mass is 32.1. The van der Waals surface area contributed by atoms with E-state index in [1.54, 1.807) is 17.5 Å². The first-order valence-corrected chi connectivity index (χ1v) is 8.02. The van der Waals surface area contributed by atoms with Gasteiger partial charge in [0.2, 0.25) is 0 Å². The molecule has 0 spiro atoms. The lowest BCUT2D eigenvalue weighted by atomic mass is 10.1. The van der Waals surface area contributed by atoms with Crippen LogP contribution in [-0.2, 0) is 0 Å². The van der Waals surface area contributed by atoms with E-state index in [0.29, 0.717) is 5.69 Å². The first-order chi connectivity index (χ1) is 11.1. The van der Waals surface area contributed by atoms with Gasteiger partial charge in [-0.25, -0.2) is 4.39 Å². The van der Waals surface area contributed by atoms with Crippen molar-refractivity contribution in [1.29, 1.82) is 0 Å². The van der Waals surface area contributed by atoms with Crippen LogP contribution in [0.25, 0.3) is 21.0 Å². The Morgan fingerprint density at radius 1 is 1.09 bits per heavy atom. The van der Waals surface area contributed by atoms with Gasteiger partial charge in [-0.05, 0) is 53.6 Å². The van der Waals surface area contributed by atoms with Crippen molar-refractivity contribution in [2.24, 2.45) is 0 Å². The molecule has 0 amide bonds. The third kappa shape index (κ3) is 2.39. The Hall–Kier alpha value is -2.66. The van der Waals surface area contributed by atoms with Crippen LogP contribution in [0.15, 0.2) is 48.0 Å². The summed E-state index contributed by atoms with van der Waals surface area (Å²) < 4.78 is 15.1. The summed E-state index contributed by atoms with van der Waals surface area (Å²) in [5.74, 6) is -0.591. The van der Waals surface area contributed by atoms with Crippen LogP contribution in [0.1, 0.15) is 5.56 Å². The second kappa shape index (κ2) is 5.21. The van der Waals surface area contributed by atoms with Crippen LogP contribution in [0, 0.1) is 12.7 Å². The lowest BCUT2D eigenvalue weighted by Gasteiger charge is -2.11. The zero-order chi connectivity index (χ0) is 16.0. The number of pyridine rings is 1. The van der Waals surface area contributed by atoms with Gasteiger partial charge in [0.15, 0.2) is 0 Å². The predicted molar refractivity (Wildman–Crippen MR) is 93.2 cm³/mol. The number of fused-ring (bicyclic) bond motifs is 2. The van der Waals surface area contributed by atoms with Crippen LogP contribution in [0.4, 0.5) is 15.8 Å². The Morgan fingerprint density at radius 3 is 2.78 bits per heavy atom. The Labute approximate surface area is 136 Å². The number of benzene rings is 2. The van der Waals surface area contributed by atoms with Crippen molar-refractivity contribution in [3.63, 3.8) is 0 Å². The summed E-state index contributed by atoms with van der Waals surface area (Å²) in [6, 6.07) is 10.0. The summed E-state index contributed by atoms with van der Waals surface area (Å²) in [5.41, 5.74) is 3.20. The summed E-state index contributed by atoms with van der Waals surface area (Å²) in [6.45, 7) is 2.08. The van der Waals surface area contributed by atoms with Crippen molar-refractivity contribution in [3.05, 3.63) is 59.4 Å². The molecule has 0 unspecified atom stereocenters. The van der Waals surface area contributed by atoms with E-state index in [2.05, 4.69) is 34.7 Å². The Morgan fingerprint density at radius 2 is 1.96 bits per heavy atom. The van der Waals surface area contributed by atoms with Gasteiger partial charge in [0.1, 0.15) is 11.6 Å². The molecule has 4 aromatic rings. The average molecular weight is 324 g/mol. The number of hydrogen-bond donors (Lipinski definition) is 2. The first-order valence-electron chi connectivity index (χ1n) is 7.14. The minimum absolute atomic E-state index is 0.0941. The van der Waals surface area contributed by atoms with Crippen LogP contribution < -0.4 is 5.32 Å². The second-order valence-corrected chi connectivity index (χ2v) is 6.34. The van der Waals surface area contributed by atoms with Crippen molar-refractivity contribution in [2.45, 2.75) is 6.92 Å². The molecule has 0 saturated carbocycles. The maximum atomic E-state index is 14.0.